The summed E-state index contributed by atoms with van der Waals surface area (Å²) in [6, 6.07) is 5.07. The van der Waals surface area contributed by atoms with E-state index in [1.807, 2.05) is 32.9 Å². The molecule has 0 aromatic heterocycles. The van der Waals surface area contributed by atoms with Gasteiger partial charge < -0.3 is 30.7 Å². The minimum Gasteiger partial charge on any atom is -0.369 e. The maximum Gasteiger partial charge on any atom is 0.251 e. The number of nitrogens with two attached hydrogens (primary N) is 1. The second kappa shape index (κ2) is 11.8. The molecule has 4 atom stereocenters. The lowest BCUT2D eigenvalue weighted by Gasteiger charge is -2.34. The minimum absolute atomic E-state index is 0.0213. The van der Waals surface area contributed by atoms with E-state index in [0.717, 1.165) is 31.9 Å². The molecule has 3 fully saturated rings. The van der Waals surface area contributed by atoms with Crippen LogP contribution < -0.4 is 16.0 Å². The van der Waals surface area contributed by atoms with Gasteiger partial charge in [0.2, 0.25) is 11.8 Å². The van der Waals surface area contributed by atoms with Crippen LogP contribution in [0.25, 0.3) is 0 Å². The standard InChI is InChI=1S/C28H42N6O4/c1-5-21(29)27(37)34-17-24(35)25-23(34)10-11-33(25)28(38)22(16-18(2)3)30-26(36)19-6-8-20(9-7-19)32-14-12-31(4)13-15-32/h6-9,18,21-23,25H,5,10-17,29H2,1-4H3,(H,30,36). The highest BCUT2D eigenvalue weighted by Gasteiger charge is 2.52. The number of nitrogens with zero attached hydrogens (tertiary/aromatic N) is 4. The number of fused-ring (bicyclic) bond motifs is 1. The number of benzene rings is 1. The Hall–Kier alpha value is -2.98. The fourth-order valence-electron chi connectivity index (χ4n) is 5.77. The van der Waals surface area contributed by atoms with Gasteiger partial charge in [0.15, 0.2) is 5.78 Å². The number of likely N-dealkylation sites (N-methyl/N-ethyl adjacent to an activating group) is 1. The lowest BCUT2D eigenvalue weighted by Crippen LogP contribution is -2.53. The van der Waals surface area contributed by atoms with Crippen molar-refractivity contribution in [1.29, 1.82) is 0 Å². The maximum atomic E-state index is 13.7. The van der Waals surface area contributed by atoms with Crippen molar-refractivity contribution < 1.29 is 19.2 Å². The van der Waals surface area contributed by atoms with E-state index in [1.165, 1.54) is 0 Å². The quantitative estimate of drug-likeness (QED) is 0.512. The average Bonchev–Trinajstić information content (AvgIpc) is 3.48. The minimum atomic E-state index is -0.756. The Kier molecular flexibility index (Phi) is 8.72. The summed E-state index contributed by atoms with van der Waals surface area (Å²) < 4.78 is 0. The number of Topliss-reactive ketones (excluding diaryl/α,β-unsaturated/α-hetero) is 1. The molecule has 1 aromatic carbocycles. The van der Waals surface area contributed by atoms with Crippen molar-refractivity contribution in [3.63, 3.8) is 0 Å². The fraction of sp³-hybridized carbons (Fsp3) is 0.643. The summed E-state index contributed by atoms with van der Waals surface area (Å²) in [6.45, 7) is 10.1. The Morgan fingerprint density at radius 2 is 1.66 bits per heavy atom. The van der Waals surface area contributed by atoms with Gasteiger partial charge in [-0.15, -0.1) is 0 Å². The number of rotatable bonds is 8. The molecule has 4 rings (SSSR count). The summed E-state index contributed by atoms with van der Waals surface area (Å²) in [5.74, 6) is -0.812. The Morgan fingerprint density at radius 1 is 1.00 bits per heavy atom. The van der Waals surface area contributed by atoms with Crippen molar-refractivity contribution in [2.24, 2.45) is 11.7 Å². The monoisotopic (exact) mass is 526 g/mol. The zero-order valence-electron chi connectivity index (χ0n) is 23.1. The molecule has 0 spiro atoms. The summed E-state index contributed by atoms with van der Waals surface area (Å²) in [7, 11) is 2.11. The zero-order valence-corrected chi connectivity index (χ0v) is 23.1. The van der Waals surface area contributed by atoms with E-state index in [-0.39, 0.29) is 42.0 Å². The third-order valence-corrected chi connectivity index (χ3v) is 8.05. The number of anilines is 1. The number of amides is 3. The van der Waals surface area contributed by atoms with Crippen molar-refractivity contribution in [3.8, 4) is 0 Å². The summed E-state index contributed by atoms with van der Waals surface area (Å²) in [5.41, 5.74) is 7.52. The molecular formula is C28H42N6O4. The van der Waals surface area contributed by atoms with E-state index in [9.17, 15) is 19.2 Å². The van der Waals surface area contributed by atoms with E-state index >= 15 is 0 Å². The predicted molar refractivity (Wildman–Crippen MR) is 146 cm³/mol. The lowest BCUT2D eigenvalue weighted by atomic mass is 10.0. The van der Waals surface area contributed by atoms with E-state index in [1.54, 1.807) is 21.9 Å². The maximum absolute atomic E-state index is 13.7. The van der Waals surface area contributed by atoms with Gasteiger partial charge in [0, 0.05) is 44.0 Å². The third-order valence-electron chi connectivity index (χ3n) is 8.05. The van der Waals surface area contributed by atoms with Crippen LogP contribution in [0, 0.1) is 5.92 Å². The molecule has 3 aliphatic rings. The third kappa shape index (κ3) is 5.86. The molecule has 38 heavy (non-hydrogen) atoms. The second-order valence-corrected chi connectivity index (χ2v) is 11.3. The Balaban J connectivity index is 1.44. The molecule has 3 heterocycles. The molecule has 3 N–H and O–H groups in total. The number of carbonyl (C=O) groups excluding carboxylic acids is 4. The van der Waals surface area contributed by atoms with Crippen LogP contribution in [-0.2, 0) is 14.4 Å². The first-order chi connectivity index (χ1) is 18.1. The highest BCUT2D eigenvalue weighted by atomic mass is 16.2. The summed E-state index contributed by atoms with van der Waals surface area (Å²) in [6.07, 6.45) is 1.47. The van der Waals surface area contributed by atoms with Crippen LogP contribution in [0.1, 0.15) is 50.4 Å². The van der Waals surface area contributed by atoms with Crippen LogP contribution in [0.4, 0.5) is 5.69 Å². The average molecular weight is 527 g/mol. The smallest absolute Gasteiger partial charge is 0.251 e. The summed E-state index contributed by atoms with van der Waals surface area (Å²) in [4.78, 5) is 60.3. The highest BCUT2D eigenvalue weighted by molar-refractivity contribution is 6.01. The normalized spacial score (nSPS) is 23.5. The molecule has 3 amide bonds. The largest absolute Gasteiger partial charge is 0.369 e. The molecule has 3 aliphatic heterocycles. The van der Waals surface area contributed by atoms with Gasteiger partial charge in [-0.25, -0.2) is 0 Å². The molecule has 4 unspecified atom stereocenters. The van der Waals surface area contributed by atoms with Crippen molar-refractivity contribution >= 4 is 29.2 Å². The molecule has 10 heteroatoms. The number of ketones is 1. The lowest BCUT2D eigenvalue weighted by molar-refractivity contribution is -0.138. The van der Waals surface area contributed by atoms with E-state index in [4.69, 9.17) is 5.73 Å². The SMILES string of the molecule is CCC(N)C(=O)N1CC(=O)C2C1CCN2C(=O)C(CC(C)C)NC(=O)c1ccc(N2CCN(C)CC2)cc1. The molecule has 208 valence electrons. The van der Waals surface area contributed by atoms with E-state index in [2.05, 4.69) is 22.2 Å². The predicted octanol–water partition coefficient (Wildman–Crippen LogP) is 0.701. The Bertz CT molecular complexity index is 1040. The van der Waals surface area contributed by atoms with Gasteiger partial charge in [0.05, 0.1) is 18.6 Å². The van der Waals surface area contributed by atoms with Crippen LogP contribution in [0.5, 0.6) is 0 Å². The molecule has 0 bridgehead atoms. The van der Waals surface area contributed by atoms with Crippen LogP contribution in [-0.4, -0.2) is 109 Å². The van der Waals surface area contributed by atoms with Gasteiger partial charge in [-0.2, -0.15) is 0 Å². The number of hydrogen-bond acceptors (Lipinski definition) is 7. The van der Waals surface area contributed by atoms with Gasteiger partial charge in [-0.1, -0.05) is 20.8 Å². The molecule has 0 radical (unpaired) electrons. The van der Waals surface area contributed by atoms with Crippen LogP contribution >= 0.6 is 0 Å². The fourth-order valence-corrected chi connectivity index (χ4v) is 5.77. The Labute approximate surface area is 225 Å². The van der Waals surface area contributed by atoms with Crippen molar-refractivity contribution in [3.05, 3.63) is 29.8 Å². The summed E-state index contributed by atoms with van der Waals surface area (Å²) in [5, 5.41) is 2.94. The summed E-state index contributed by atoms with van der Waals surface area (Å²) >= 11 is 0. The first-order valence-electron chi connectivity index (χ1n) is 13.8. The first kappa shape index (κ1) is 28.0. The number of piperazine rings is 1. The molecule has 3 saturated heterocycles. The first-order valence-corrected chi connectivity index (χ1v) is 13.8. The van der Waals surface area contributed by atoms with Gasteiger partial charge in [0.25, 0.3) is 5.91 Å². The number of hydrogen-bond donors (Lipinski definition) is 2. The van der Waals surface area contributed by atoms with Gasteiger partial charge >= 0.3 is 0 Å². The van der Waals surface area contributed by atoms with E-state index < -0.39 is 18.1 Å². The van der Waals surface area contributed by atoms with Crippen molar-refractivity contribution in [2.45, 2.75) is 64.2 Å². The second-order valence-electron chi connectivity index (χ2n) is 11.3. The zero-order chi connectivity index (χ0) is 27.6. The molecule has 10 nitrogen and oxygen atoms in total. The molecule has 0 saturated carbocycles. The van der Waals surface area contributed by atoms with Crippen LogP contribution in [0.15, 0.2) is 24.3 Å². The van der Waals surface area contributed by atoms with Gasteiger partial charge in [-0.05, 0) is 56.5 Å². The van der Waals surface area contributed by atoms with Crippen LogP contribution in [0.3, 0.4) is 0 Å². The topological polar surface area (TPSA) is 119 Å². The molecular weight excluding hydrogens is 484 g/mol. The molecule has 0 aliphatic carbocycles. The van der Waals surface area contributed by atoms with Gasteiger partial charge in [-0.3, -0.25) is 19.2 Å². The van der Waals surface area contributed by atoms with E-state index in [0.29, 0.717) is 31.4 Å². The number of carbonyl (C=O) groups is 4. The number of nitrogens with one attached hydrogen (secondary N) is 1. The molecule has 1 aromatic rings. The van der Waals surface area contributed by atoms with Crippen LogP contribution in [0.2, 0.25) is 0 Å². The van der Waals surface area contributed by atoms with Gasteiger partial charge in [0.1, 0.15) is 12.1 Å². The van der Waals surface area contributed by atoms with Crippen molar-refractivity contribution in [2.75, 3.05) is 51.2 Å². The highest BCUT2D eigenvalue weighted by Crippen LogP contribution is 2.31. The van der Waals surface area contributed by atoms with Crippen molar-refractivity contribution in [1.82, 2.24) is 20.0 Å². The Morgan fingerprint density at radius 3 is 2.26 bits per heavy atom. The number of likely N-dealkylation sites (tertiary alicyclic amines) is 2.